The summed E-state index contributed by atoms with van der Waals surface area (Å²) >= 11 is 2.76. The molecule has 154 valence electrons. The Labute approximate surface area is 179 Å². The van der Waals surface area contributed by atoms with Gasteiger partial charge in [0.1, 0.15) is 0 Å². The van der Waals surface area contributed by atoms with Crippen LogP contribution in [0.5, 0.6) is 0 Å². The van der Waals surface area contributed by atoms with Crippen molar-refractivity contribution in [2.24, 2.45) is 0 Å². The number of nitrogens with one attached hydrogen (secondary N) is 2. The second kappa shape index (κ2) is 11.1. The van der Waals surface area contributed by atoms with E-state index >= 15 is 0 Å². The predicted molar refractivity (Wildman–Crippen MR) is 122 cm³/mol. The van der Waals surface area contributed by atoms with Gasteiger partial charge in [0.15, 0.2) is 5.13 Å². The van der Waals surface area contributed by atoms with Gasteiger partial charge in [-0.2, -0.15) is 0 Å². The highest BCUT2D eigenvalue weighted by molar-refractivity contribution is 7.16. The van der Waals surface area contributed by atoms with Crippen LogP contribution in [0.25, 0.3) is 0 Å². The molecule has 29 heavy (non-hydrogen) atoms. The number of anilines is 2. The predicted octanol–water partition coefficient (Wildman–Crippen LogP) is 5.68. The van der Waals surface area contributed by atoms with Crippen molar-refractivity contribution in [3.05, 3.63) is 62.8 Å². The molecule has 7 heteroatoms. The molecule has 0 fully saturated rings. The first-order valence-corrected chi connectivity index (χ1v) is 11.6. The van der Waals surface area contributed by atoms with Crippen LogP contribution < -0.4 is 10.6 Å². The molecule has 0 bridgehead atoms. The number of unbranched alkanes of at least 4 members (excludes halogenated alkanes) is 3. The lowest BCUT2D eigenvalue weighted by Crippen LogP contribution is -2.09. The first-order valence-electron chi connectivity index (χ1n) is 9.97. The second-order valence-electron chi connectivity index (χ2n) is 6.83. The third kappa shape index (κ3) is 6.39. The molecule has 0 atom stereocenters. The van der Waals surface area contributed by atoms with Gasteiger partial charge >= 0.3 is 0 Å². The minimum atomic E-state index is -0.170. The summed E-state index contributed by atoms with van der Waals surface area (Å²) in [6, 6.07) is 12.3. The third-order valence-electron chi connectivity index (χ3n) is 4.59. The number of thiazole rings is 1. The molecule has 0 aliphatic carbocycles. The van der Waals surface area contributed by atoms with Gasteiger partial charge in [0.25, 0.3) is 5.91 Å². The summed E-state index contributed by atoms with van der Waals surface area (Å²) < 4.78 is 0. The van der Waals surface area contributed by atoms with E-state index in [0.29, 0.717) is 16.6 Å². The number of aliphatic hydroxyl groups is 1. The molecule has 0 saturated heterocycles. The van der Waals surface area contributed by atoms with Gasteiger partial charge in [-0.1, -0.05) is 55.7 Å². The first kappa shape index (κ1) is 21.5. The van der Waals surface area contributed by atoms with E-state index in [2.05, 4.69) is 46.8 Å². The van der Waals surface area contributed by atoms with Crippen molar-refractivity contribution in [2.45, 2.75) is 52.2 Å². The summed E-state index contributed by atoms with van der Waals surface area (Å²) in [6.45, 7) is 2.85. The minimum Gasteiger partial charge on any atom is -0.391 e. The lowest BCUT2D eigenvalue weighted by Gasteiger charge is -2.11. The summed E-state index contributed by atoms with van der Waals surface area (Å²) in [5.41, 5.74) is 2.52. The number of benzene rings is 1. The Morgan fingerprint density at radius 1 is 1.07 bits per heavy atom. The van der Waals surface area contributed by atoms with Crippen molar-refractivity contribution in [3.63, 3.8) is 0 Å². The molecule has 0 spiro atoms. The fraction of sp³-hybridized carbons (Fsp3) is 0.364. The number of hydrogen-bond donors (Lipinski definition) is 3. The van der Waals surface area contributed by atoms with E-state index in [1.54, 1.807) is 6.20 Å². The molecule has 0 unspecified atom stereocenters. The molecule has 2 heterocycles. The normalized spacial score (nSPS) is 10.8. The Hall–Kier alpha value is -2.22. The van der Waals surface area contributed by atoms with Crippen molar-refractivity contribution < 1.29 is 9.90 Å². The van der Waals surface area contributed by atoms with Gasteiger partial charge in [-0.15, -0.1) is 11.3 Å². The number of nitrogens with zero attached hydrogens (tertiary/aromatic N) is 1. The van der Waals surface area contributed by atoms with Crippen LogP contribution in [0.2, 0.25) is 0 Å². The summed E-state index contributed by atoms with van der Waals surface area (Å²) in [6.07, 6.45) is 7.68. The van der Waals surface area contributed by atoms with Gasteiger partial charge in [0, 0.05) is 23.3 Å². The van der Waals surface area contributed by atoms with E-state index in [9.17, 15) is 4.79 Å². The Morgan fingerprint density at radius 3 is 2.72 bits per heavy atom. The van der Waals surface area contributed by atoms with Gasteiger partial charge in [0.05, 0.1) is 16.4 Å². The van der Waals surface area contributed by atoms with Gasteiger partial charge in [-0.25, -0.2) is 4.98 Å². The summed E-state index contributed by atoms with van der Waals surface area (Å²) in [7, 11) is 0. The number of thiophene rings is 1. The van der Waals surface area contributed by atoms with Gasteiger partial charge in [0.2, 0.25) is 0 Å². The van der Waals surface area contributed by atoms with Gasteiger partial charge in [-0.3, -0.25) is 10.1 Å². The van der Waals surface area contributed by atoms with E-state index in [4.69, 9.17) is 5.11 Å². The number of rotatable bonds is 11. The zero-order chi connectivity index (χ0) is 20.5. The minimum absolute atomic E-state index is 0.0670. The summed E-state index contributed by atoms with van der Waals surface area (Å²) in [5.74, 6) is -0.170. The zero-order valence-electron chi connectivity index (χ0n) is 16.6. The fourth-order valence-corrected chi connectivity index (χ4v) is 4.54. The Bertz CT molecular complexity index is 920. The van der Waals surface area contributed by atoms with Gasteiger partial charge in [-0.05, 0) is 36.6 Å². The molecule has 0 saturated carbocycles. The SMILES string of the molecule is CCCCCCc1ccccc1NCc1ccc(C(=O)Nc2ncc(CO)s2)s1. The molecule has 2 aromatic heterocycles. The van der Waals surface area contributed by atoms with Crippen molar-refractivity contribution in [2.75, 3.05) is 10.6 Å². The lowest BCUT2D eigenvalue weighted by molar-refractivity contribution is 0.103. The maximum absolute atomic E-state index is 12.4. The lowest BCUT2D eigenvalue weighted by atomic mass is 10.0. The molecule has 3 aromatic rings. The molecule has 5 nitrogen and oxygen atoms in total. The number of para-hydroxylation sites is 1. The molecular weight excluding hydrogens is 402 g/mol. The Morgan fingerprint density at radius 2 is 1.93 bits per heavy atom. The molecule has 0 radical (unpaired) electrons. The highest BCUT2D eigenvalue weighted by atomic mass is 32.1. The van der Waals surface area contributed by atoms with Crippen LogP contribution in [0.4, 0.5) is 10.8 Å². The number of aliphatic hydroxyl groups excluding tert-OH is 1. The summed E-state index contributed by atoms with van der Waals surface area (Å²) in [4.78, 5) is 19.0. The van der Waals surface area contributed by atoms with Gasteiger partial charge < -0.3 is 10.4 Å². The molecule has 3 rings (SSSR count). The van der Waals surface area contributed by atoms with E-state index in [1.165, 1.54) is 59.6 Å². The average Bonchev–Trinajstić information content (AvgIpc) is 3.40. The number of carbonyl (C=O) groups excluding carboxylic acids is 1. The van der Waals surface area contributed by atoms with Crippen LogP contribution in [-0.4, -0.2) is 16.0 Å². The number of aryl methyl sites for hydroxylation is 1. The van der Waals surface area contributed by atoms with Crippen molar-refractivity contribution in [1.29, 1.82) is 0 Å². The Balaban J connectivity index is 1.54. The zero-order valence-corrected chi connectivity index (χ0v) is 18.2. The van der Waals surface area contributed by atoms with Crippen LogP contribution in [0.1, 0.15) is 57.6 Å². The first-order chi connectivity index (χ1) is 14.2. The monoisotopic (exact) mass is 429 g/mol. The summed E-state index contributed by atoms with van der Waals surface area (Å²) in [5, 5.41) is 15.9. The Kier molecular flexibility index (Phi) is 8.22. The van der Waals surface area contributed by atoms with Crippen LogP contribution in [0, 0.1) is 0 Å². The number of amides is 1. The topological polar surface area (TPSA) is 74.2 Å². The third-order valence-corrected chi connectivity index (χ3v) is 6.57. The van der Waals surface area contributed by atoms with Crippen molar-refractivity contribution in [3.8, 4) is 0 Å². The number of hydrogen-bond acceptors (Lipinski definition) is 6. The molecular formula is C22H27N3O2S2. The van der Waals surface area contributed by atoms with E-state index in [1.807, 2.05) is 12.1 Å². The maximum Gasteiger partial charge on any atom is 0.267 e. The number of carbonyl (C=O) groups is 1. The van der Waals surface area contributed by atoms with Crippen LogP contribution >= 0.6 is 22.7 Å². The van der Waals surface area contributed by atoms with Crippen molar-refractivity contribution in [1.82, 2.24) is 4.98 Å². The van der Waals surface area contributed by atoms with Crippen molar-refractivity contribution >= 4 is 39.4 Å². The van der Waals surface area contributed by atoms with Crippen LogP contribution in [0.3, 0.4) is 0 Å². The quantitative estimate of drug-likeness (QED) is 0.343. The largest absolute Gasteiger partial charge is 0.391 e. The molecule has 1 amide bonds. The average molecular weight is 430 g/mol. The second-order valence-corrected chi connectivity index (χ2v) is 9.11. The van der Waals surface area contributed by atoms with E-state index < -0.39 is 0 Å². The fourth-order valence-electron chi connectivity index (χ4n) is 3.03. The van der Waals surface area contributed by atoms with Crippen LogP contribution in [0.15, 0.2) is 42.6 Å². The van der Waals surface area contributed by atoms with E-state index in [-0.39, 0.29) is 12.5 Å². The smallest absolute Gasteiger partial charge is 0.267 e. The molecule has 0 aliphatic rings. The van der Waals surface area contributed by atoms with E-state index in [0.717, 1.165) is 16.2 Å². The highest BCUT2D eigenvalue weighted by Crippen LogP contribution is 2.24. The molecule has 0 aliphatic heterocycles. The highest BCUT2D eigenvalue weighted by Gasteiger charge is 2.12. The maximum atomic E-state index is 12.4. The standard InChI is InChI=1S/C22H27N3O2S2/c1-2-3-4-5-8-16-9-6-7-10-19(16)23-13-17-11-12-20(28-17)21(27)25-22-24-14-18(15-26)29-22/h6-7,9-12,14,23,26H,2-5,8,13,15H2,1H3,(H,24,25,27). The molecule has 3 N–H and O–H groups in total. The molecule has 1 aromatic carbocycles. The number of aromatic nitrogens is 1. The van der Waals surface area contributed by atoms with Crippen LogP contribution in [-0.2, 0) is 19.6 Å².